The molecule has 0 bridgehead atoms. The van der Waals surface area contributed by atoms with E-state index in [9.17, 15) is 0 Å². The summed E-state index contributed by atoms with van der Waals surface area (Å²) in [6.07, 6.45) is 0. The van der Waals surface area contributed by atoms with Crippen LogP contribution in [-0.4, -0.2) is 54.2 Å². The van der Waals surface area contributed by atoms with E-state index in [0.29, 0.717) is 11.2 Å². The zero-order valence-corrected chi connectivity index (χ0v) is 16.4. The second-order valence-electron chi connectivity index (χ2n) is 6.55. The van der Waals surface area contributed by atoms with Crippen LogP contribution in [0.3, 0.4) is 0 Å². The van der Waals surface area contributed by atoms with Crippen molar-refractivity contribution in [1.29, 1.82) is 0 Å². The SMILES string of the molecule is C[C@@H](NC(=S)Nc1ccccc1)[C@@H](c1cccs1)N1CCN(C)CC1. The summed E-state index contributed by atoms with van der Waals surface area (Å²) in [5.74, 6) is 0. The lowest BCUT2D eigenvalue weighted by molar-refractivity contribution is 0.0990. The number of thiophene rings is 1. The molecule has 0 amide bonds. The number of para-hydroxylation sites is 1. The van der Waals surface area contributed by atoms with Gasteiger partial charge in [0.15, 0.2) is 5.11 Å². The van der Waals surface area contributed by atoms with Crippen molar-refractivity contribution in [2.75, 3.05) is 38.5 Å². The van der Waals surface area contributed by atoms with Gasteiger partial charge in [0, 0.05) is 42.8 Å². The Morgan fingerprint density at radius 1 is 1.08 bits per heavy atom. The van der Waals surface area contributed by atoms with Crippen molar-refractivity contribution in [3.63, 3.8) is 0 Å². The van der Waals surface area contributed by atoms with Gasteiger partial charge < -0.3 is 15.5 Å². The van der Waals surface area contributed by atoms with Crippen LogP contribution >= 0.6 is 23.6 Å². The Bertz CT molecular complexity index is 651. The summed E-state index contributed by atoms with van der Waals surface area (Å²) in [6.45, 7) is 6.62. The Morgan fingerprint density at radius 2 is 1.80 bits per heavy atom. The van der Waals surface area contributed by atoms with E-state index in [0.717, 1.165) is 31.9 Å². The van der Waals surface area contributed by atoms with E-state index in [4.69, 9.17) is 12.2 Å². The van der Waals surface area contributed by atoms with Crippen molar-refractivity contribution in [3.05, 3.63) is 52.7 Å². The zero-order valence-electron chi connectivity index (χ0n) is 14.8. The van der Waals surface area contributed by atoms with Crippen LogP contribution in [0.25, 0.3) is 0 Å². The molecule has 3 rings (SSSR count). The van der Waals surface area contributed by atoms with Crippen LogP contribution in [0.15, 0.2) is 47.8 Å². The smallest absolute Gasteiger partial charge is 0.171 e. The van der Waals surface area contributed by atoms with Gasteiger partial charge in [-0.3, -0.25) is 4.90 Å². The lowest BCUT2D eigenvalue weighted by atomic mass is 10.1. The lowest BCUT2D eigenvalue weighted by Crippen LogP contribution is -2.51. The fraction of sp³-hybridized carbons (Fsp3) is 0.421. The van der Waals surface area contributed by atoms with Crippen molar-refractivity contribution in [2.24, 2.45) is 0 Å². The molecule has 134 valence electrons. The second kappa shape index (κ2) is 8.76. The molecule has 0 saturated carbocycles. The minimum Gasteiger partial charge on any atom is -0.358 e. The third kappa shape index (κ3) is 5.01. The van der Waals surface area contributed by atoms with Crippen LogP contribution in [-0.2, 0) is 0 Å². The molecule has 2 atom stereocenters. The largest absolute Gasteiger partial charge is 0.358 e. The first-order valence-electron chi connectivity index (χ1n) is 8.72. The molecular formula is C19H26N4S2. The van der Waals surface area contributed by atoms with Crippen LogP contribution in [0, 0.1) is 0 Å². The first kappa shape index (κ1) is 18.3. The minimum atomic E-state index is 0.228. The number of nitrogens with one attached hydrogen (secondary N) is 2. The summed E-state index contributed by atoms with van der Waals surface area (Å²) in [4.78, 5) is 6.36. The Balaban J connectivity index is 1.66. The monoisotopic (exact) mass is 374 g/mol. The van der Waals surface area contributed by atoms with Crippen molar-refractivity contribution in [3.8, 4) is 0 Å². The predicted molar refractivity (Wildman–Crippen MR) is 111 cm³/mol. The van der Waals surface area contributed by atoms with Gasteiger partial charge in [-0.05, 0) is 49.8 Å². The van der Waals surface area contributed by atoms with Gasteiger partial charge in [-0.15, -0.1) is 11.3 Å². The maximum absolute atomic E-state index is 5.54. The number of piperazine rings is 1. The molecule has 1 aliphatic rings. The molecule has 4 nitrogen and oxygen atoms in total. The number of likely N-dealkylation sites (N-methyl/N-ethyl adjacent to an activating group) is 1. The molecule has 0 unspecified atom stereocenters. The van der Waals surface area contributed by atoms with Gasteiger partial charge in [-0.1, -0.05) is 24.3 Å². The molecule has 6 heteroatoms. The topological polar surface area (TPSA) is 30.5 Å². The maximum atomic E-state index is 5.54. The average molecular weight is 375 g/mol. The van der Waals surface area contributed by atoms with Crippen molar-refractivity contribution in [2.45, 2.75) is 19.0 Å². The van der Waals surface area contributed by atoms with Crippen molar-refractivity contribution in [1.82, 2.24) is 15.1 Å². The highest BCUT2D eigenvalue weighted by Gasteiger charge is 2.29. The van der Waals surface area contributed by atoms with E-state index >= 15 is 0 Å². The summed E-state index contributed by atoms with van der Waals surface area (Å²) in [5, 5.41) is 9.61. The molecule has 0 spiro atoms. The molecule has 1 aliphatic heterocycles. The van der Waals surface area contributed by atoms with Gasteiger partial charge in [0.25, 0.3) is 0 Å². The van der Waals surface area contributed by atoms with E-state index in [1.165, 1.54) is 4.88 Å². The number of hydrogen-bond donors (Lipinski definition) is 2. The van der Waals surface area contributed by atoms with Gasteiger partial charge in [-0.2, -0.15) is 0 Å². The van der Waals surface area contributed by atoms with Crippen LogP contribution in [0.2, 0.25) is 0 Å². The Kier molecular flexibility index (Phi) is 6.42. The standard InChI is InChI=1S/C19H26N4S2/c1-15(20-19(24)21-16-7-4-3-5-8-16)18(17-9-6-14-25-17)23-12-10-22(2)11-13-23/h3-9,14-15,18H,10-13H2,1-2H3,(H2,20,21,24)/t15-,18+/m1/s1. The molecule has 1 saturated heterocycles. The molecule has 1 fully saturated rings. The molecule has 2 N–H and O–H groups in total. The van der Waals surface area contributed by atoms with Crippen molar-refractivity contribution >= 4 is 34.4 Å². The molecule has 25 heavy (non-hydrogen) atoms. The molecule has 2 heterocycles. The fourth-order valence-electron chi connectivity index (χ4n) is 3.28. The van der Waals surface area contributed by atoms with Gasteiger partial charge in [0.2, 0.25) is 0 Å². The molecule has 0 aliphatic carbocycles. The molecule has 2 aromatic rings. The first-order valence-corrected chi connectivity index (χ1v) is 10.0. The lowest BCUT2D eigenvalue weighted by Gasteiger charge is -2.40. The molecule has 0 radical (unpaired) electrons. The molecular weight excluding hydrogens is 348 g/mol. The number of thiocarbonyl (C=S) groups is 1. The average Bonchev–Trinajstić information content (AvgIpc) is 3.11. The number of nitrogens with zero attached hydrogens (tertiary/aromatic N) is 2. The van der Waals surface area contributed by atoms with Gasteiger partial charge in [-0.25, -0.2) is 0 Å². The molecule has 1 aromatic heterocycles. The highest BCUT2D eigenvalue weighted by atomic mass is 32.1. The summed E-state index contributed by atoms with van der Waals surface area (Å²) in [5.41, 5.74) is 1.01. The first-order chi connectivity index (χ1) is 12.1. The second-order valence-corrected chi connectivity index (χ2v) is 7.94. The summed E-state index contributed by atoms with van der Waals surface area (Å²) in [7, 11) is 2.19. The van der Waals surface area contributed by atoms with Crippen LogP contribution in [0.5, 0.6) is 0 Å². The number of hydrogen-bond acceptors (Lipinski definition) is 4. The molecule has 1 aromatic carbocycles. The minimum absolute atomic E-state index is 0.228. The maximum Gasteiger partial charge on any atom is 0.171 e. The highest BCUT2D eigenvalue weighted by molar-refractivity contribution is 7.80. The zero-order chi connectivity index (χ0) is 17.6. The Hall–Kier alpha value is -1.47. The van der Waals surface area contributed by atoms with Gasteiger partial charge >= 0.3 is 0 Å². The number of rotatable bonds is 5. The van der Waals surface area contributed by atoms with Gasteiger partial charge in [0.05, 0.1) is 6.04 Å². The van der Waals surface area contributed by atoms with Gasteiger partial charge in [0.1, 0.15) is 0 Å². The third-order valence-electron chi connectivity index (χ3n) is 4.63. The predicted octanol–water partition coefficient (Wildman–Crippen LogP) is 3.41. The summed E-state index contributed by atoms with van der Waals surface area (Å²) >= 11 is 7.36. The van der Waals surface area contributed by atoms with Crippen LogP contribution < -0.4 is 10.6 Å². The Morgan fingerprint density at radius 3 is 2.44 bits per heavy atom. The third-order valence-corrected chi connectivity index (χ3v) is 5.79. The fourth-order valence-corrected chi connectivity index (χ4v) is 4.54. The highest BCUT2D eigenvalue weighted by Crippen LogP contribution is 2.29. The quantitative estimate of drug-likeness (QED) is 0.783. The van der Waals surface area contributed by atoms with E-state index < -0.39 is 0 Å². The number of benzene rings is 1. The summed E-state index contributed by atoms with van der Waals surface area (Å²) < 4.78 is 0. The van der Waals surface area contributed by atoms with E-state index in [1.807, 2.05) is 41.7 Å². The van der Waals surface area contributed by atoms with E-state index in [-0.39, 0.29) is 6.04 Å². The number of anilines is 1. The van der Waals surface area contributed by atoms with E-state index in [1.54, 1.807) is 0 Å². The Labute approximate surface area is 159 Å². The van der Waals surface area contributed by atoms with Crippen LogP contribution in [0.4, 0.5) is 5.69 Å². The summed E-state index contributed by atoms with van der Waals surface area (Å²) in [6, 6.07) is 15.0. The van der Waals surface area contributed by atoms with Crippen molar-refractivity contribution < 1.29 is 0 Å². The normalized spacial score (nSPS) is 18.5. The van der Waals surface area contributed by atoms with E-state index in [2.05, 4.69) is 51.9 Å². The van der Waals surface area contributed by atoms with Crippen LogP contribution in [0.1, 0.15) is 17.8 Å².